The summed E-state index contributed by atoms with van der Waals surface area (Å²) in [4.78, 5) is 18.8. The highest BCUT2D eigenvalue weighted by Crippen LogP contribution is 2.31. The summed E-state index contributed by atoms with van der Waals surface area (Å²) in [6.07, 6.45) is 4.22. The van der Waals surface area contributed by atoms with Crippen LogP contribution in [0.1, 0.15) is 23.7 Å². The molecule has 0 saturated carbocycles. The molecule has 140 valence electrons. The fourth-order valence-electron chi connectivity index (χ4n) is 2.56. The van der Waals surface area contributed by atoms with Crippen molar-refractivity contribution in [3.63, 3.8) is 0 Å². The zero-order chi connectivity index (χ0) is 19.2. The molecule has 0 atom stereocenters. The number of ether oxygens (including phenoxy) is 2. The number of hydrogen-bond donors (Lipinski definition) is 0. The minimum atomic E-state index is -0.160. The molecule has 8 heteroatoms. The van der Waals surface area contributed by atoms with Crippen LogP contribution in [0.2, 0.25) is 0 Å². The van der Waals surface area contributed by atoms with Crippen molar-refractivity contribution in [1.29, 1.82) is 0 Å². The standard InChI is InChI=1S/C19H20N4O3S/c1-4-10-23(18(24)13-7-8-15(25-2)16(11-13)26-3)19-22-21-17(27-19)14-6-5-9-20-12-14/h5-9,11-12H,4,10H2,1-3H3. The number of nitrogens with zero attached hydrogens (tertiary/aromatic N) is 4. The van der Waals surface area contributed by atoms with Gasteiger partial charge >= 0.3 is 0 Å². The molecule has 1 aromatic carbocycles. The molecule has 3 rings (SSSR count). The van der Waals surface area contributed by atoms with Crippen molar-refractivity contribution in [3.05, 3.63) is 48.3 Å². The predicted octanol–water partition coefficient (Wildman–Crippen LogP) is 3.67. The number of methoxy groups -OCH3 is 2. The van der Waals surface area contributed by atoms with Gasteiger partial charge in [0.2, 0.25) is 5.13 Å². The van der Waals surface area contributed by atoms with E-state index in [9.17, 15) is 4.79 Å². The molecule has 7 nitrogen and oxygen atoms in total. The van der Waals surface area contributed by atoms with Gasteiger partial charge in [-0.25, -0.2) is 0 Å². The van der Waals surface area contributed by atoms with Gasteiger partial charge in [-0.2, -0.15) is 0 Å². The fourth-order valence-corrected chi connectivity index (χ4v) is 3.42. The third-order valence-electron chi connectivity index (χ3n) is 3.88. The van der Waals surface area contributed by atoms with Crippen molar-refractivity contribution < 1.29 is 14.3 Å². The molecule has 0 aliphatic rings. The topological polar surface area (TPSA) is 77.4 Å². The quantitative estimate of drug-likeness (QED) is 0.618. The Hall–Kier alpha value is -3.00. The van der Waals surface area contributed by atoms with E-state index >= 15 is 0 Å². The summed E-state index contributed by atoms with van der Waals surface area (Å²) in [5, 5.41) is 9.71. The number of amides is 1. The molecular formula is C19H20N4O3S. The summed E-state index contributed by atoms with van der Waals surface area (Å²) in [5.41, 5.74) is 1.37. The van der Waals surface area contributed by atoms with Crippen molar-refractivity contribution in [2.75, 3.05) is 25.7 Å². The first kappa shape index (κ1) is 18.8. The molecule has 2 heterocycles. The molecule has 2 aromatic heterocycles. The summed E-state index contributed by atoms with van der Waals surface area (Å²) in [5.74, 6) is 0.922. The number of carbonyl (C=O) groups is 1. The van der Waals surface area contributed by atoms with Crippen molar-refractivity contribution in [1.82, 2.24) is 15.2 Å². The van der Waals surface area contributed by atoms with Gasteiger partial charge in [-0.15, -0.1) is 10.2 Å². The first-order chi connectivity index (χ1) is 13.2. The van der Waals surface area contributed by atoms with Crippen LogP contribution in [0.15, 0.2) is 42.7 Å². The Balaban J connectivity index is 1.92. The summed E-state index contributed by atoms with van der Waals surface area (Å²) in [6.45, 7) is 2.55. The van der Waals surface area contributed by atoms with Crippen LogP contribution >= 0.6 is 11.3 Å². The number of pyridine rings is 1. The second-order valence-electron chi connectivity index (χ2n) is 5.66. The maximum Gasteiger partial charge on any atom is 0.260 e. The molecule has 0 fully saturated rings. The van der Waals surface area contributed by atoms with Crippen molar-refractivity contribution >= 4 is 22.4 Å². The Bertz CT molecular complexity index is 914. The molecule has 0 unspecified atom stereocenters. The van der Waals surface area contributed by atoms with E-state index in [0.717, 1.165) is 17.0 Å². The largest absolute Gasteiger partial charge is 0.493 e. The highest BCUT2D eigenvalue weighted by Gasteiger charge is 2.22. The predicted molar refractivity (Wildman–Crippen MR) is 105 cm³/mol. The third-order valence-corrected chi connectivity index (χ3v) is 4.87. The Morgan fingerprint density at radius 1 is 1.15 bits per heavy atom. The fraction of sp³-hybridized carbons (Fsp3) is 0.263. The van der Waals surface area contributed by atoms with Crippen LogP contribution in [0, 0.1) is 0 Å². The van der Waals surface area contributed by atoms with Crippen LogP contribution in [-0.2, 0) is 0 Å². The van der Waals surface area contributed by atoms with Crippen molar-refractivity contribution in [2.45, 2.75) is 13.3 Å². The lowest BCUT2D eigenvalue weighted by Crippen LogP contribution is -2.31. The van der Waals surface area contributed by atoms with Gasteiger partial charge in [0.25, 0.3) is 5.91 Å². The van der Waals surface area contributed by atoms with E-state index < -0.39 is 0 Å². The summed E-state index contributed by atoms with van der Waals surface area (Å²) >= 11 is 1.36. The molecule has 0 bridgehead atoms. The summed E-state index contributed by atoms with van der Waals surface area (Å²) in [6, 6.07) is 8.87. The summed E-state index contributed by atoms with van der Waals surface area (Å²) < 4.78 is 10.5. The normalized spacial score (nSPS) is 10.5. The first-order valence-corrected chi connectivity index (χ1v) is 9.27. The van der Waals surface area contributed by atoms with Gasteiger partial charge in [0, 0.05) is 30.1 Å². The van der Waals surface area contributed by atoms with Crippen LogP contribution < -0.4 is 14.4 Å². The Labute approximate surface area is 161 Å². The molecule has 3 aromatic rings. The second kappa shape index (κ2) is 8.59. The zero-order valence-corrected chi connectivity index (χ0v) is 16.2. The van der Waals surface area contributed by atoms with Crippen LogP contribution in [0.4, 0.5) is 5.13 Å². The minimum absolute atomic E-state index is 0.160. The van der Waals surface area contributed by atoms with E-state index in [1.54, 1.807) is 49.7 Å². The van der Waals surface area contributed by atoms with E-state index in [1.165, 1.54) is 11.3 Å². The number of anilines is 1. The van der Waals surface area contributed by atoms with Crippen LogP contribution in [0.5, 0.6) is 11.5 Å². The summed E-state index contributed by atoms with van der Waals surface area (Å²) in [7, 11) is 3.10. The lowest BCUT2D eigenvalue weighted by atomic mass is 10.1. The van der Waals surface area contributed by atoms with Gasteiger partial charge in [0.05, 0.1) is 14.2 Å². The van der Waals surface area contributed by atoms with Gasteiger partial charge in [0.1, 0.15) is 0 Å². The third kappa shape index (κ3) is 4.06. The van der Waals surface area contributed by atoms with E-state index in [0.29, 0.717) is 28.7 Å². The number of carbonyl (C=O) groups excluding carboxylic acids is 1. The molecular weight excluding hydrogens is 364 g/mol. The number of hydrogen-bond acceptors (Lipinski definition) is 7. The number of aromatic nitrogens is 3. The Morgan fingerprint density at radius 2 is 1.96 bits per heavy atom. The highest BCUT2D eigenvalue weighted by molar-refractivity contribution is 7.18. The molecule has 0 saturated heterocycles. The van der Waals surface area contributed by atoms with Crippen molar-refractivity contribution in [3.8, 4) is 22.1 Å². The van der Waals surface area contributed by atoms with Gasteiger partial charge in [0.15, 0.2) is 16.5 Å². The second-order valence-corrected chi connectivity index (χ2v) is 6.61. The smallest absolute Gasteiger partial charge is 0.260 e. The maximum absolute atomic E-state index is 13.1. The lowest BCUT2D eigenvalue weighted by molar-refractivity contribution is 0.0986. The SMILES string of the molecule is CCCN(C(=O)c1ccc(OC)c(OC)c1)c1nnc(-c2cccnc2)s1. The van der Waals surface area contributed by atoms with Gasteiger partial charge in [-0.3, -0.25) is 14.7 Å². The van der Waals surface area contributed by atoms with E-state index in [4.69, 9.17) is 9.47 Å². The average molecular weight is 384 g/mol. The monoisotopic (exact) mass is 384 g/mol. The lowest BCUT2D eigenvalue weighted by Gasteiger charge is -2.19. The minimum Gasteiger partial charge on any atom is -0.493 e. The molecule has 0 N–H and O–H groups in total. The van der Waals surface area contributed by atoms with Crippen LogP contribution in [0.25, 0.3) is 10.6 Å². The van der Waals surface area contributed by atoms with E-state index in [-0.39, 0.29) is 5.91 Å². The van der Waals surface area contributed by atoms with Crippen LogP contribution in [-0.4, -0.2) is 41.9 Å². The van der Waals surface area contributed by atoms with Crippen LogP contribution in [0.3, 0.4) is 0 Å². The Kier molecular flexibility index (Phi) is 5.97. The first-order valence-electron chi connectivity index (χ1n) is 8.45. The average Bonchev–Trinajstić information content (AvgIpc) is 3.21. The molecule has 27 heavy (non-hydrogen) atoms. The zero-order valence-electron chi connectivity index (χ0n) is 15.4. The molecule has 0 aliphatic carbocycles. The maximum atomic E-state index is 13.1. The molecule has 1 amide bonds. The van der Waals surface area contributed by atoms with E-state index in [2.05, 4.69) is 15.2 Å². The number of benzene rings is 1. The molecule has 0 spiro atoms. The molecule has 0 aliphatic heterocycles. The van der Waals surface area contributed by atoms with E-state index in [1.807, 2.05) is 19.1 Å². The van der Waals surface area contributed by atoms with Gasteiger partial charge < -0.3 is 9.47 Å². The highest BCUT2D eigenvalue weighted by atomic mass is 32.1. The number of rotatable bonds is 7. The molecule has 0 radical (unpaired) electrons. The van der Waals surface area contributed by atoms with Gasteiger partial charge in [-0.1, -0.05) is 18.3 Å². The Morgan fingerprint density at radius 3 is 2.63 bits per heavy atom. The van der Waals surface area contributed by atoms with Gasteiger partial charge in [-0.05, 0) is 36.8 Å². The van der Waals surface area contributed by atoms with Crippen molar-refractivity contribution in [2.24, 2.45) is 0 Å².